The molecule has 0 aromatic heterocycles. The van der Waals surface area contributed by atoms with E-state index in [-0.39, 0.29) is 56.5 Å². The summed E-state index contributed by atoms with van der Waals surface area (Å²) in [4.78, 5) is 14.8. The van der Waals surface area contributed by atoms with Crippen molar-refractivity contribution in [2.24, 2.45) is 5.73 Å². The molecule has 0 unspecified atom stereocenters. The number of carbonyl (C=O) groups excluding carboxylic acids is 1. The number of piperidine rings is 1. The molecule has 1 atom stereocenters. The van der Waals surface area contributed by atoms with Crippen LogP contribution in [0, 0.1) is 0 Å². The molecule has 1 aliphatic heterocycles. The molecule has 2 aromatic carbocycles. The van der Waals surface area contributed by atoms with E-state index in [1.54, 1.807) is 0 Å². The third-order valence-corrected chi connectivity index (χ3v) is 9.04. The summed E-state index contributed by atoms with van der Waals surface area (Å²) in [6, 6.07) is 6.32. The summed E-state index contributed by atoms with van der Waals surface area (Å²) in [5.74, 6) is -0.987. The van der Waals surface area contributed by atoms with E-state index >= 15 is 0 Å². The summed E-state index contributed by atoms with van der Waals surface area (Å²) in [6.45, 7) is 3.74. The molecule has 0 spiro atoms. The Morgan fingerprint density at radius 2 is 1.95 bits per heavy atom. The van der Waals surface area contributed by atoms with Crippen molar-refractivity contribution < 1.29 is 26.4 Å². The average Bonchev–Trinajstić information content (AvgIpc) is 2.88. The van der Waals surface area contributed by atoms with E-state index in [1.807, 2.05) is 4.90 Å². The number of carbonyl (C=O) groups is 1. The van der Waals surface area contributed by atoms with Crippen molar-refractivity contribution in [3.05, 3.63) is 62.6 Å². The first-order valence-electron chi connectivity index (χ1n) is 12.7. The Labute approximate surface area is 237 Å². The molecule has 39 heavy (non-hydrogen) atoms. The van der Waals surface area contributed by atoms with Crippen molar-refractivity contribution in [2.45, 2.75) is 56.4 Å². The van der Waals surface area contributed by atoms with Gasteiger partial charge in [0.1, 0.15) is 0 Å². The molecule has 4 N–H and O–H groups in total. The SMILES string of the molecule is CCS(=O)(=O)c1ccc(Cl)cc1CNC(=O)c1cc(Cl)c(CN2CCC[C@H](NCCCN)C2)c(C(F)(F)F)c1. The molecule has 216 valence electrons. The molecule has 0 radical (unpaired) electrons. The Kier molecular flexibility index (Phi) is 11.1. The van der Waals surface area contributed by atoms with Crippen LogP contribution in [0.4, 0.5) is 13.2 Å². The summed E-state index contributed by atoms with van der Waals surface area (Å²) in [5, 5.41) is 5.99. The van der Waals surface area contributed by atoms with Crippen LogP contribution in [0.1, 0.15) is 53.2 Å². The van der Waals surface area contributed by atoms with Gasteiger partial charge in [0, 0.05) is 41.3 Å². The molecule has 2 aromatic rings. The second-order valence-corrected chi connectivity index (χ2v) is 12.6. The lowest BCUT2D eigenvalue weighted by molar-refractivity contribution is -0.138. The number of nitrogens with one attached hydrogen (secondary N) is 2. The number of sulfone groups is 1. The van der Waals surface area contributed by atoms with Gasteiger partial charge < -0.3 is 16.4 Å². The van der Waals surface area contributed by atoms with Crippen LogP contribution in [0.3, 0.4) is 0 Å². The standard InChI is InChI=1S/C26H33Cl2F3N4O3S/c1-2-39(37,38)24-7-6-19(27)11-18(24)14-34-25(36)17-12-22(26(29,30)31)21(23(28)13-17)16-35-10-3-5-20(15-35)33-9-4-8-32/h6-7,11-13,20,33H,2-5,8-10,14-16,32H2,1H3,(H,34,36)/t20-/m0/s1. The van der Waals surface area contributed by atoms with Crippen molar-refractivity contribution >= 4 is 38.9 Å². The zero-order chi connectivity index (χ0) is 28.8. The van der Waals surface area contributed by atoms with E-state index in [4.69, 9.17) is 28.9 Å². The molecular weight excluding hydrogens is 576 g/mol. The third-order valence-electron chi connectivity index (χ3n) is 6.64. The number of benzene rings is 2. The van der Waals surface area contributed by atoms with Crippen LogP contribution >= 0.6 is 23.2 Å². The minimum Gasteiger partial charge on any atom is -0.348 e. The maximum Gasteiger partial charge on any atom is 0.416 e. The maximum atomic E-state index is 14.1. The number of amides is 1. The van der Waals surface area contributed by atoms with Crippen LogP contribution < -0.4 is 16.4 Å². The van der Waals surface area contributed by atoms with Crippen LogP contribution in [-0.2, 0) is 29.1 Å². The number of nitrogens with two attached hydrogens (primary N) is 1. The minimum atomic E-state index is -4.74. The van der Waals surface area contributed by atoms with Gasteiger partial charge in [-0.15, -0.1) is 0 Å². The summed E-state index contributed by atoms with van der Waals surface area (Å²) < 4.78 is 67.2. The monoisotopic (exact) mass is 608 g/mol. The highest BCUT2D eigenvalue weighted by atomic mass is 35.5. The van der Waals surface area contributed by atoms with Gasteiger partial charge in [-0.25, -0.2) is 8.42 Å². The quantitative estimate of drug-likeness (QED) is 0.321. The fourth-order valence-electron chi connectivity index (χ4n) is 4.60. The van der Waals surface area contributed by atoms with Gasteiger partial charge in [-0.05, 0) is 80.4 Å². The largest absolute Gasteiger partial charge is 0.416 e. The number of rotatable bonds is 11. The first-order valence-corrected chi connectivity index (χ1v) is 15.1. The van der Waals surface area contributed by atoms with Crippen LogP contribution in [0.5, 0.6) is 0 Å². The Hall–Kier alpha value is -1.89. The molecular formula is C26H33Cl2F3N4O3S. The molecule has 13 heteroatoms. The van der Waals surface area contributed by atoms with Gasteiger partial charge in [-0.3, -0.25) is 9.69 Å². The van der Waals surface area contributed by atoms with Gasteiger partial charge in [0.2, 0.25) is 0 Å². The predicted octanol–water partition coefficient (Wildman–Crippen LogP) is 4.64. The third kappa shape index (κ3) is 8.55. The van der Waals surface area contributed by atoms with Crippen molar-refractivity contribution in [3.63, 3.8) is 0 Å². The van der Waals surface area contributed by atoms with Crippen LogP contribution in [0.2, 0.25) is 10.0 Å². The number of hydrogen-bond donors (Lipinski definition) is 3. The smallest absolute Gasteiger partial charge is 0.348 e. The zero-order valence-electron chi connectivity index (χ0n) is 21.6. The Balaban J connectivity index is 1.81. The average molecular weight is 610 g/mol. The van der Waals surface area contributed by atoms with E-state index in [0.717, 1.165) is 31.9 Å². The molecule has 1 heterocycles. The number of likely N-dealkylation sites (tertiary alicyclic amines) is 1. The molecule has 7 nitrogen and oxygen atoms in total. The van der Waals surface area contributed by atoms with E-state index in [1.165, 1.54) is 31.2 Å². The normalized spacial score (nSPS) is 16.8. The van der Waals surface area contributed by atoms with Crippen molar-refractivity contribution in [3.8, 4) is 0 Å². The van der Waals surface area contributed by atoms with Gasteiger partial charge in [-0.1, -0.05) is 30.1 Å². The number of halogens is 5. The van der Waals surface area contributed by atoms with Gasteiger partial charge in [0.25, 0.3) is 5.91 Å². The lowest BCUT2D eigenvalue weighted by Crippen LogP contribution is -2.46. The molecule has 1 aliphatic rings. The van der Waals surface area contributed by atoms with E-state index in [2.05, 4.69) is 10.6 Å². The lowest BCUT2D eigenvalue weighted by Gasteiger charge is -2.34. The first kappa shape index (κ1) is 31.6. The maximum absolute atomic E-state index is 14.1. The fourth-order valence-corrected chi connectivity index (χ4v) is 6.19. The molecule has 3 rings (SSSR count). The second-order valence-electron chi connectivity index (χ2n) is 9.49. The van der Waals surface area contributed by atoms with E-state index in [9.17, 15) is 26.4 Å². The molecule has 0 saturated carbocycles. The number of alkyl halides is 3. The highest BCUT2D eigenvalue weighted by Gasteiger charge is 2.36. The van der Waals surface area contributed by atoms with Crippen LogP contribution in [-0.4, -0.2) is 57.2 Å². The van der Waals surface area contributed by atoms with Crippen LogP contribution in [0.25, 0.3) is 0 Å². The molecule has 1 amide bonds. The van der Waals surface area contributed by atoms with Gasteiger partial charge in [-0.2, -0.15) is 13.2 Å². The highest BCUT2D eigenvalue weighted by molar-refractivity contribution is 7.91. The molecule has 1 fully saturated rings. The second kappa shape index (κ2) is 13.6. The topological polar surface area (TPSA) is 105 Å². The summed E-state index contributed by atoms with van der Waals surface area (Å²) in [7, 11) is -3.62. The van der Waals surface area contributed by atoms with Gasteiger partial charge >= 0.3 is 6.18 Å². The van der Waals surface area contributed by atoms with E-state index < -0.39 is 27.5 Å². The van der Waals surface area contributed by atoms with E-state index in [0.29, 0.717) is 19.6 Å². The van der Waals surface area contributed by atoms with Crippen molar-refractivity contribution in [2.75, 3.05) is 31.9 Å². The molecule has 1 saturated heterocycles. The summed E-state index contributed by atoms with van der Waals surface area (Å²) in [6.07, 6.45) is -2.16. The van der Waals surface area contributed by atoms with Gasteiger partial charge in [0.05, 0.1) is 16.2 Å². The Bertz CT molecular complexity index is 1280. The Morgan fingerprint density at radius 1 is 1.21 bits per heavy atom. The van der Waals surface area contributed by atoms with Crippen molar-refractivity contribution in [1.82, 2.24) is 15.5 Å². The molecule has 0 bridgehead atoms. The first-order chi connectivity index (χ1) is 18.4. The lowest BCUT2D eigenvalue weighted by atomic mass is 9.99. The van der Waals surface area contributed by atoms with Crippen molar-refractivity contribution in [1.29, 1.82) is 0 Å². The summed E-state index contributed by atoms with van der Waals surface area (Å²) >= 11 is 12.4. The highest BCUT2D eigenvalue weighted by Crippen LogP contribution is 2.37. The molecule has 0 aliphatic carbocycles. The van der Waals surface area contributed by atoms with Crippen LogP contribution in [0.15, 0.2) is 35.2 Å². The minimum absolute atomic E-state index is 0.00332. The summed E-state index contributed by atoms with van der Waals surface area (Å²) in [5.41, 5.74) is 4.42. The predicted molar refractivity (Wildman–Crippen MR) is 147 cm³/mol. The number of hydrogen-bond acceptors (Lipinski definition) is 6. The fraction of sp³-hybridized carbons (Fsp3) is 0.500. The van der Waals surface area contributed by atoms with Gasteiger partial charge in [0.15, 0.2) is 9.84 Å². The number of nitrogens with zero attached hydrogens (tertiary/aromatic N) is 1. The zero-order valence-corrected chi connectivity index (χ0v) is 23.9. The Morgan fingerprint density at radius 3 is 2.62 bits per heavy atom.